The van der Waals surface area contributed by atoms with Crippen molar-refractivity contribution in [1.82, 2.24) is 5.32 Å². The number of hydrogen-bond acceptors (Lipinski definition) is 1. The number of nitrogens with one attached hydrogen (secondary N) is 1. The van der Waals surface area contributed by atoms with Crippen LogP contribution in [0.2, 0.25) is 0 Å². The molecule has 0 heterocycles. The summed E-state index contributed by atoms with van der Waals surface area (Å²) in [6.07, 6.45) is 0. The van der Waals surface area contributed by atoms with Gasteiger partial charge in [0, 0.05) is 6.54 Å². The first-order valence-corrected chi connectivity index (χ1v) is 6.38. The highest BCUT2D eigenvalue weighted by Crippen LogP contribution is 2.30. The van der Waals surface area contributed by atoms with E-state index in [1.165, 1.54) is 12.1 Å². The van der Waals surface area contributed by atoms with Crippen molar-refractivity contribution in [2.75, 3.05) is 6.54 Å². The van der Waals surface area contributed by atoms with Crippen LogP contribution in [0.1, 0.15) is 18.1 Å². The molecule has 0 aliphatic carbocycles. The lowest BCUT2D eigenvalue weighted by molar-refractivity contribution is 0.583. The zero-order chi connectivity index (χ0) is 13.8. The van der Waals surface area contributed by atoms with Gasteiger partial charge in [0.05, 0.1) is 5.56 Å². The molecule has 1 N–H and O–H groups in total. The van der Waals surface area contributed by atoms with Crippen LogP contribution in [0.15, 0.2) is 36.4 Å². The SMILES string of the molecule is CCNCc1ccccc1-c1c(F)ccc(C)c1F. The minimum Gasteiger partial charge on any atom is -0.313 e. The van der Waals surface area contributed by atoms with Crippen LogP contribution >= 0.6 is 0 Å². The molecule has 2 aromatic carbocycles. The average molecular weight is 261 g/mol. The first kappa shape index (κ1) is 13.7. The lowest BCUT2D eigenvalue weighted by Gasteiger charge is -2.13. The van der Waals surface area contributed by atoms with Gasteiger partial charge in [0.2, 0.25) is 0 Å². The summed E-state index contributed by atoms with van der Waals surface area (Å²) in [5, 5.41) is 3.18. The van der Waals surface area contributed by atoms with Crippen LogP contribution < -0.4 is 5.32 Å². The first-order valence-electron chi connectivity index (χ1n) is 6.38. The second-order valence-corrected chi connectivity index (χ2v) is 4.49. The van der Waals surface area contributed by atoms with Gasteiger partial charge in [0.25, 0.3) is 0 Å². The predicted octanol–water partition coefficient (Wildman–Crippen LogP) is 4.05. The molecule has 0 fully saturated rings. The monoisotopic (exact) mass is 261 g/mol. The maximum Gasteiger partial charge on any atom is 0.136 e. The van der Waals surface area contributed by atoms with E-state index in [4.69, 9.17) is 0 Å². The number of aryl methyl sites for hydroxylation is 1. The molecule has 0 unspecified atom stereocenters. The predicted molar refractivity (Wildman–Crippen MR) is 73.9 cm³/mol. The fraction of sp³-hybridized carbons (Fsp3) is 0.250. The maximum atomic E-state index is 14.2. The number of benzene rings is 2. The number of rotatable bonds is 4. The Morgan fingerprint density at radius 1 is 1.05 bits per heavy atom. The van der Waals surface area contributed by atoms with Crippen LogP contribution in [0.5, 0.6) is 0 Å². The Balaban J connectivity index is 2.56. The smallest absolute Gasteiger partial charge is 0.136 e. The Kier molecular flexibility index (Phi) is 4.27. The van der Waals surface area contributed by atoms with Crippen LogP contribution in [-0.2, 0) is 6.54 Å². The summed E-state index contributed by atoms with van der Waals surface area (Å²) in [5.74, 6) is -1.00. The van der Waals surface area contributed by atoms with Gasteiger partial charge in [-0.25, -0.2) is 8.78 Å². The van der Waals surface area contributed by atoms with Gasteiger partial charge < -0.3 is 5.32 Å². The Hall–Kier alpha value is -1.74. The average Bonchev–Trinajstić information content (AvgIpc) is 2.42. The fourth-order valence-electron chi connectivity index (χ4n) is 2.08. The summed E-state index contributed by atoms with van der Waals surface area (Å²) in [7, 11) is 0. The third-order valence-electron chi connectivity index (χ3n) is 3.14. The third-order valence-corrected chi connectivity index (χ3v) is 3.14. The molecule has 2 rings (SSSR count). The van der Waals surface area contributed by atoms with E-state index in [9.17, 15) is 8.78 Å². The molecular formula is C16H17F2N. The molecule has 0 aliphatic rings. The van der Waals surface area contributed by atoms with Gasteiger partial charge in [-0.3, -0.25) is 0 Å². The Morgan fingerprint density at radius 2 is 1.79 bits per heavy atom. The topological polar surface area (TPSA) is 12.0 Å². The zero-order valence-corrected chi connectivity index (χ0v) is 11.1. The molecule has 0 atom stereocenters. The third kappa shape index (κ3) is 2.82. The molecule has 0 bridgehead atoms. The molecule has 0 aliphatic heterocycles. The number of halogens is 2. The normalized spacial score (nSPS) is 10.7. The largest absolute Gasteiger partial charge is 0.313 e. The highest BCUT2D eigenvalue weighted by Gasteiger charge is 2.15. The van der Waals surface area contributed by atoms with Crippen molar-refractivity contribution in [3.05, 3.63) is 59.2 Å². The van der Waals surface area contributed by atoms with E-state index in [0.717, 1.165) is 12.1 Å². The second-order valence-electron chi connectivity index (χ2n) is 4.49. The molecule has 0 saturated carbocycles. The van der Waals surface area contributed by atoms with Crippen molar-refractivity contribution < 1.29 is 8.78 Å². The molecule has 100 valence electrons. The quantitative estimate of drug-likeness (QED) is 0.875. The van der Waals surface area contributed by atoms with E-state index in [0.29, 0.717) is 17.7 Å². The molecular weight excluding hydrogens is 244 g/mol. The van der Waals surface area contributed by atoms with E-state index in [1.807, 2.05) is 19.1 Å². The molecule has 0 radical (unpaired) electrons. The summed E-state index contributed by atoms with van der Waals surface area (Å²) < 4.78 is 28.1. The lowest BCUT2D eigenvalue weighted by atomic mass is 9.97. The van der Waals surface area contributed by atoms with Crippen molar-refractivity contribution in [3.8, 4) is 11.1 Å². The number of hydrogen-bond donors (Lipinski definition) is 1. The van der Waals surface area contributed by atoms with Crippen LogP contribution in [0, 0.1) is 18.6 Å². The maximum absolute atomic E-state index is 14.2. The van der Waals surface area contributed by atoms with Crippen LogP contribution in [0.4, 0.5) is 8.78 Å². The van der Waals surface area contributed by atoms with Gasteiger partial charge in [0.1, 0.15) is 11.6 Å². The van der Waals surface area contributed by atoms with Crippen LogP contribution in [0.25, 0.3) is 11.1 Å². The van der Waals surface area contributed by atoms with E-state index in [-0.39, 0.29) is 5.56 Å². The molecule has 1 nitrogen and oxygen atoms in total. The van der Waals surface area contributed by atoms with Crippen molar-refractivity contribution >= 4 is 0 Å². The van der Waals surface area contributed by atoms with Gasteiger partial charge in [0.15, 0.2) is 0 Å². The highest BCUT2D eigenvalue weighted by atomic mass is 19.1. The van der Waals surface area contributed by atoms with Crippen molar-refractivity contribution in [1.29, 1.82) is 0 Å². The van der Waals surface area contributed by atoms with Crippen LogP contribution in [-0.4, -0.2) is 6.54 Å². The summed E-state index contributed by atoms with van der Waals surface area (Å²) in [4.78, 5) is 0. The lowest BCUT2D eigenvalue weighted by Crippen LogP contribution is -2.12. The van der Waals surface area contributed by atoms with E-state index in [1.54, 1.807) is 19.1 Å². The Bertz CT molecular complexity index is 579. The van der Waals surface area contributed by atoms with E-state index in [2.05, 4.69) is 5.32 Å². The van der Waals surface area contributed by atoms with E-state index < -0.39 is 11.6 Å². The van der Waals surface area contributed by atoms with E-state index >= 15 is 0 Å². The Morgan fingerprint density at radius 3 is 2.53 bits per heavy atom. The molecule has 0 amide bonds. The summed E-state index contributed by atoms with van der Waals surface area (Å²) in [5.41, 5.74) is 2.03. The van der Waals surface area contributed by atoms with Crippen molar-refractivity contribution in [2.45, 2.75) is 20.4 Å². The summed E-state index contributed by atoms with van der Waals surface area (Å²) >= 11 is 0. The molecule has 0 aromatic heterocycles. The van der Waals surface area contributed by atoms with Gasteiger partial charge >= 0.3 is 0 Å². The summed E-state index contributed by atoms with van der Waals surface area (Å²) in [6, 6.07) is 10.1. The fourth-order valence-corrected chi connectivity index (χ4v) is 2.08. The van der Waals surface area contributed by atoms with Gasteiger partial charge in [-0.2, -0.15) is 0 Å². The minimum absolute atomic E-state index is 0.0634. The molecule has 3 heteroatoms. The Labute approximate surface area is 112 Å². The van der Waals surface area contributed by atoms with Crippen LogP contribution in [0.3, 0.4) is 0 Å². The molecule has 19 heavy (non-hydrogen) atoms. The van der Waals surface area contributed by atoms with Gasteiger partial charge in [-0.05, 0) is 36.2 Å². The van der Waals surface area contributed by atoms with Crippen molar-refractivity contribution in [2.24, 2.45) is 0 Å². The zero-order valence-electron chi connectivity index (χ0n) is 11.1. The standard InChI is InChI=1S/C16H17F2N/c1-3-19-10-12-6-4-5-7-13(12)15-14(17)9-8-11(2)16(15)18/h4-9,19H,3,10H2,1-2H3. The van der Waals surface area contributed by atoms with Gasteiger partial charge in [-0.1, -0.05) is 37.3 Å². The molecule has 2 aromatic rings. The first-order chi connectivity index (χ1) is 9.15. The molecule has 0 saturated heterocycles. The van der Waals surface area contributed by atoms with Gasteiger partial charge in [-0.15, -0.1) is 0 Å². The summed E-state index contributed by atoms with van der Waals surface area (Å²) in [6.45, 7) is 5.05. The van der Waals surface area contributed by atoms with Crippen molar-refractivity contribution in [3.63, 3.8) is 0 Å². The molecule has 0 spiro atoms. The highest BCUT2D eigenvalue weighted by molar-refractivity contribution is 5.69. The second kappa shape index (κ2) is 5.93. The minimum atomic E-state index is -0.521.